The van der Waals surface area contributed by atoms with Gasteiger partial charge in [0.2, 0.25) is 10.0 Å². The molecule has 11 heteroatoms. The Morgan fingerprint density at radius 2 is 1.76 bits per heavy atom. The number of hydrogen-bond acceptors (Lipinski definition) is 8. The maximum absolute atomic E-state index is 13.8. The van der Waals surface area contributed by atoms with Crippen LogP contribution in [0.2, 0.25) is 0 Å². The monoisotopic (exact) mass is 560 g/mol. The quantitative estimate of drug-likeness (QED) is 0.391. The molecule has 2 unspecified atom stereocenters. The number of sulfonamides is 1. The van der Waals surface area contributed by atoms with Crippen molar-refractivity contribution in [3.05, 3.63) is 47.5 Å². The largest absolute Gasteiger partial charge is 0.494 e. The average Bonchev–Trinajstić information content (AvgIpc) is 3.32. The zero-order chi connectivity index (χ0) is 27.6. The normalized spacial score (nSPS) is 18.7. The summed E-state index contributed by atoms with van der Waals surface area (Å²) in [5, 5.41) is 0.587. The standard InChI is InChI=1S/C27H36N4O5S2/c1-18-8-13-23(35-6)24-25(18)37-27(28-24)31(15-7-14-29(4)5)26(32)21-9-11-22(12-10-21)38(33,34)30-16-19(2)36-20(3)17-30/h8-13,19-20H,7,14-17H2,1-6H3. The van der Waals surface area contributed by atoms with E-state index < -0.39 is 10.0 Å². The van der Waals surface area contributed by atoms with Crippen LogP contribution in [0.4, 0.5) is 5.13 Å². The third-order valence-electron chi connectivity index (χ3n) is 6.50. The average molecular weight is 561 g/mol. The Bertz CT molecular complexity index is 1380. The van der Waals surface area contributed by atoms with Gasteiger partial charge >= 0.3 is 0 Å². The van der Waals surface area contributed by atoms with Crippen LogP contribution < -0.4 is 9.64 Å². The molecule has 1 aromatic heterocycles. The number of nitrogens with zero attached hydrogens (tertiary/aromatic N) is 4. The Kier molecular flexibility index (Phi) is 8.73. The molecule has 2 heterocycles. The van der Waals surface area contributed by atoms with Crippen molar-refractivity contribution in [3.63, 3.8) is 0 Å². The second-order valence-electron chi connectivity index (χ2n) is 9.98. The highest BCUT2D eigenvalue weighted by Crippen LogP contribution is 2.37. The molecule has 0 N–H and O–H groups in total. The third-order valence-corrected chi connectivity index (χ3v) is 9.56. The molecule has 0 aliphatic carbocycles. The van der Waals surface area contributed by atoms with Crippen LogP contribution in [-0.4, -0.2) is 88.1 Å². The maximum Gasteiger partial charge on any atom is 0.260 e. The molecule has 0 saturated carbocycles. The summed E-state index contributed by atoms with van der Waals surface area (Å²) in [6.45, 7) is 7.62. The van der Waals surface area contributed by atoms with Gasteiger partial charge in [-0.3, -0.25) is 9.69 Å². The summed E-state index contributed by atoms with van der Waals surface area (Å²) in [4.78, 5) is 22.5. The van der Waals surface area contributed by atoms with Crippen molar-refractivity contribution < 1.29 is 22.7 Å². The number of amides is 1. The number of carbonyl (C=O) groups is 1. The molecule has 3 aromatic rings. The molecule has 9 nitrogen and oxygen atoms in total. The van der Waals surface area contributed by atoms with E-state index >= 15 is 0 Å². The SMILES string of the molecule is COc1ccc(C)c2sc(N(CCCN(C)C)C(=O)c3ccc(S(=O)(=O)N4CC(C)OC(C)C4)cc3)nc12. The summed E-state index contributed by atoms with van der Waals surface area (Å²) in [5.74, 6) is 0.437. The Balaban J connectivity index is 1.64. The molecular weight excluding hydrogens is 524 g/mol. The number of fused-ring (bicyclic) bond motifs is 1. The van der Waals surface area contributed by atoms with Crippen LogP contribution in [0.25, 0.3) is 10.2 Å². The minimum atomic E-state index is -3.70. The van der Waals surface area contributed by atoms with Crippen LogP contribution in [0.15, 0.2) is 41.3 Å². The Morgan fingerprint density at radius 3 is 2.37 bits per heavy atom. The molecule has 0 bridgehead atoms. The van der Waals surface area contributed by atoms with E-state index in [1.165, 1.54) is 27.8 Å². The molecule has 0 spiro atoms. The number of aryl methyl sites for hydroxylation is 1. The summed E-state index contributed by atoms with van der Waals surface area (Å²) in [6.07, 6.45) is 0.396. The van der Waals surface area contributed by atoms with Crippen LogP contribution in [0, 0.1) is 6.92 Å². The lowest BCUT2D eigenvalue weighted by Gasteiger charge is -2.34. The molecule has 2 aromatic carbocycles. The molecule has 38 heavy (non-hydrogen) atoms. The molecule has 4 rings (SSSR count). The predicted molar refractivity (Wildman–Crippen MR) is 151 cm³/mol. The van der Waals surface area contributed by atoms with Crippen LogP contribution in [-0.2, 0) is 14.8 Å². The highest BCUT2D eigenvalue weighted by molar-refractivity contribution is 7.89. The number of aromatic nitrogens is 1. The van der Waals surface area contributed by atoms with Gasteiger partial charge in [0.1, 0.15) is 11.3 Å². The number of anilines is 1. The highest BCUT2D eigenvalue weighted by Gasteiger charge is 2.32. The lowest BCUT2D eigenvalue weighted by molar-refractivity contribution is -0.0440. The molecular formula is C27H36N4O5S2. The Hall–Kier alpha value is -2.57. The topological polar surface area (TPSA) is 92.3 Å². The van der Waals surface area contributed by atoms with Gasteiger partial charge in [-0.05, 0) is 83.7 Å². The number of thiazole rings is 1. The minimum absolute atomic E-state index is 0.162. The summed E-state index contributed by atoms with van der Waals surface area (Å²) in [5.41, 5.74) is 2.19. The molecule has 1 aliphatic heterocycles. The van der Waals surface area contributed by atoms with Crippen LogP contribution in [0.1, 0.15) is 36.2 Å². The zero-order valence-corrected chi connectivity index (χ0v) is 24.4. The van der Waals surface area contributed by atoms with Gasteiger partial charge in [0.25, 0.3) is 5.91 Å². The van der Waals surface area contributed by atoms with Gasteiger partial charge in [0.15, 0.2) is 5.13 Å². The minimum Gasteiger partial charge on any atom is -0.494 e. The van der Waals surface area contributed by atoms with Gasteiger partial charge in [0.05, 0.1) is 28.9 Å². The number of hydrogen-bond donors (Lipinski definition) is 0. The van der Waals surface area contributed by atoms with Crippen molar-refractivity contribution in [2.75, 3.05) is 52.3 Å². The van der Waals surface area contributed by atoms with Crippen LogP contribution >= 0.6 is 11.3 Å². The van der Waals surface area contributed by atoms with Gasteiger partial charge in [-0.1, -0.05) is 17.4 Å². The lowest BCUT2D eigenvalue weighted by Crippen LogP contribution is -2.48. The maximum atomic E-state index is 13.8. The van der Waals surface area contributed by atoms with Crippen molar-refractivity contribution in [1.82, 2.24) is 14.2 Å². The van der Waals surface area contributed by atoms with E-state index in [1.807, 2.05) is 47.0 Å². The Labute approximate surface area is 229 Å². The molecule has 1 saturated heterocycles. The van der Waals surface area contributed by atoms with Crippen LogP contribution in [0.5, 0.6) is 5.75 Å². The smallest absolute Gasteiger partial charge is 0.260 e. The first-order chi connectivity index (χ1) is 18.0. The second kappa shape index (κ2) is 11.7. The summed E-state index contributed by atoms with van der Waals surface area (Å²) < 4.78 is 40.1. The molecule has 1 fully saturated rings. The summed E-state index contributed by atoms with van der Waals surface area (Å²) in [6, 6.07) is 10.1. The van der Waals surface area contributed by atoms with Gasteiger partial charge in [-0.25, -0.2) is 13.4 Å². The molecule has 1 aliphatic rings. The summed E-state index contributed by atoms with van der Waals surface area (Å²) in [7, 11) is 1.90. The fourth-order valence-electron chi connectivity index (χ4n) is 4.61. The van der Waals surface area contributed by atoms with E-state index in [0.29, 0.717) is 36.1 Å². The van der Waals surface area contributed by atoms with E-state index in [4.69, 9.17) is 14.5 Å². The van der Waals surface area contributed by atoms with E-state index in [0.717, 1.165) is 28.7 Å². The Morgan fingerprint density at radius 1 is 1.11 bits per heavy atom. The number of benzene rings is 2. The number of ether oxygens (including phenoxy) is 2. The number of methoxy groups -OCH3 is 1. The zero-order valence-electron chi connectivity index (χ0n) is 22.8. The fraction of sp³-hybridized carbons (Fsp3) is 0.481. The molecule has 2 atom stereocenters. The molecule has 1 amide bonds. The van der Waals surface area contributed by atoms with E-state index in [1.54, 1.807) is 24.1 Å². The van der Waals surface area contributed by atoms with Gasteiger partial charge in [-0.2, -0.15) is 4.31 Å². The molecule has 206 valence electrons. The number of rotatable bonds is 9. The third kappa shape index (κ3) is 6.02. The first-order valence-electron chi connectivity index (χ1n) is 12.7. The number of morpholine rings is 1. The van der Waals surface area contributed by atoms with E-state index in [2.05, 4.69) is 4.90 Å². The van der Waals surface area contributed by atoms with Crippen molar-refractivity contribution in [3.8, 4) is 5.75 Å². The van der Waals surface area contributed by atoms with Crippen molar-refractivity contribution in [2.45, 2.75) is 44.3 Å². The number of carbonyl (C=O) groups excluding carboxylic acids is 1. The lowest BCUT2D eigenvalue weighted by atomic mass is 10.2. The summed E-state index contributed by atoms with van der Waals surface area (Å²) >= 11 is 1.46. The second-order valence-corrected chi connectivity index (χ2v) is 12.9. The fourth-order valence-corrected chi connectivity index (χ4v) is 7.28. The molecule has 0 radical (unpaired) electrons. The van der Waals surface area contributed by atoms with E-state index in [9.17, 15) is 13.2 Å². The van der Waals surface area contributed by atoms with E-state index in [-0.39, 0.29) is 23.0 Å². The van der Waals surface area contributed by atoms with Crippen LogP contribution in [0.3, 0.4) is 0 Å². The first-order valence-corrected chi connectivity index (χ1v) is 14.9. The van der Waals surface area contributed by atoms with Gasteiger partial charge < -0.3 is 14.4 Å². The highest BCUT2D eigenvalue weighted by atomic mass is 32.2. The van der Waals surface area contributed by atoms with Gasteiger partial charge in [-0.15, -0.1) is 0 Å². The van der Waals surface area contributed by atoms with Crippen molar-refractivity contribution >= 4 is 42.6 Å². The van der Waals surface area contributed by atoms with Crippen molar-refractivity contribution in [1.29, 1.82) is 0 Å². The van der Waals surface area contributed by atoms with Crippen molar-refractivity contribution in [2.24, 2.45) is 0 Å². The predicted octanol–water partition coefficient (Wildman–Crippen LogP) is 4.01. The van der Waals surface area contributed by atoms with Gasteiger partial charge in [0, 0.05) is 25.2 Å². The first kappa shape index (κ1) is 28.4.